The van der Waals surface area contributed by atoms with Gasteiger partial charge in [0, 0.05) is 6.42 Å². The summed E-state index contributed by atoms with van der Waals surface area (Å²) in [6.45, 7) is 6.31. The fourth-order valence-electron chi connectivity index (χ4n) is 6.71. The second-order valence-electron chi connectivity index (χ2n) is 15.8. The number of unbranched alkanes of at least 4 members (excludes halogenated alkanes) is 17. The Morgan fingerprint density at radius 2 is 0.965 bits per heavy atom. The monoisotopic (exact) mass is 796 g/mol. The highest BCUT2D eigenvalue weighted by molar-refractivity contribution is 5.77. The predicted octanol–water partition coefficient (Wildman–Crippen LogP) is 13.8. The molecule has 0 aromatic carbocycles. The first kappa shape index (κ1) is 54.3. The summed E-state index contributed by atoms with van der Waals surface area (Å²) in [5, 5.41) is 23.6. The molecule has 0 bridgehead atoms. The largest absolute Gasteiger partial charge is 0.462 e. The van der Waals surface area contributed by atoms with E-state index in [-0.39, 0.29) is 31.3 Å². The summed E-state index contributed by atoms with van der Waals surface area (Å²) in [6.07, 6.45) is 55.4. The van der Waals surface area contributed by atoms with Crippen LogP contribution in [0.1, 0.15) is 213 Å². The lowest BCUT2D eigenvalue weighted by molar-refractivity contribution is -0.150. The molecule has 0 heterocycles. The number of hydrogen-bond donors (Lipinski definition) is 3. The Hall–Kier alpha value is -2.70. The summed E-state index contributed by atoms with van der Waals surface area (Å²) >= 11 is 0. The van der Waals surface area contributed by atoms with Crippen LogP contribution in [0, 0.1) is 0 Å². The molecule has 0 saturated heterocycles. The van der Waals surface area contributed by atoms with Gasteiger partial charge in [0.15, 0.2) is 0 Å². The Kier molecular flexibility index (Phi) is 42.3. The highest BCUT2D eigenvalue weighted by atomic mass is 16.5. The topological polar surface area (TPSA) is 95.9 Å². The number of amides is 1. The van der Waals surface area contributed by atoms with Gasteiger partial charge >= 0.3 is 5.97 Å². The minimum atomic E-state index is -0.807. The van der Waals surface area contributed by atoms with Crippen LogP contribution in [0.15, 0.2) is 72.9 Å². The Morgan fingerprint density at radius 1 is 0.526 bits per heavy atom. The maximum atomic E-state index is 13.1. The molecule has 0 radical (unpaired) electrons. The van der Waals surface area contributed by atoms with E-state index in [1.165, 1.54) is 89.9 Å². The lowest BCUT2D eigenvalue weighted by Gasteiger charge is -2.24. The van der Waals surface area contributed by atoms with Crippen LogP contribution in [0.3, 0.4) is 0 Å². The zero-order chi connectivity index (χ0) is 41.7. The Bertz CT molecular complexity index is 1070. The standard InChI is InChI=1S/C51H89NO5/c1-4-7-10-13-16-19-22-23-24-25-26-29-32-35-38-41-44-51(56)57-47(42-39-36-33-30-27-20-17-14-11-8-5-2)45-50(55)52-48(46-53)49(54)43-40-37-34-31-28-21-18-15-12-9-6-3/h7,10,16,19,23-24,26,29-30,33,35,38,47-49,53-54H,4-6,8-9,11-15,17-18,20-22,25,27-28,31-32,34,36-37,39-46H2,1-3H3,(H,52,55)/b10-7+,19-16+,24-23+,29-26+,33-30-,38-35+. The maximum absolute atomic E-state index is 13.1. The van der Waals surface area contributed by atoms with Crippen molar-refractivity contribution in [3.05, 3.63) is 72.9 Å². The molecule has 0 aliphatic heterocycles. The highest BCUT2D eigenvalue weighted by Crippen LogP contribution is 2.16. The quantitative estimate of drug-likeness (QED) is 0.0325. The molecule has 3 unspecified atom stereocenters. The molecule has 0 aromatic heterocycles. The zero-order valence-corrected chi connectivity index (χ0v) is 37.2. The van der Waals surface area contributed by atoms with E-state index >= 15 is 0 Å². The number of carbonyl (C=O) groups is 2. The molecule has 0 saturated carbocycles. The lowest BCUT2D eigenvalue weighted by Crippen LogP contribution is -2.46. The number of esters is 1. The molecule has 0 aliphatic rings. The molecule has 0 rings (SSSR count). The molecule has 6 heteroatoms. The van der Waals surface area contributed by atoms with E-state index in [0.29, 0.717) is 19.3 Å². The number of aliphatic hydroxyl groups excluding tert-OH is 2. The predicted molar refractivity (Wildman–Crippen MR) is 245 cm³/mol. The number of hydrogen-bond acceptors (Lipinski definition) is 5. The second kappa shape index (κ2) is 44.4. The summed E-state index contributed by atoms with van der Waals surface area (Å²) in [5.41, 5.74) is 0. The van der Waals surface area contributed by atoms with Crippen molar-refractivity contribution in [2.45, 2.75) is 232 Å². The van der Waals surface area contributed by atoms with Crippen LogP contribution in [0.4, 0.5) is 0 Å². The fourth-order valence-corrected chi connectivity index (χ4v) is 6.71. The van der Waals surface area contributed by atoms with Gasteiger partial charge in [-0.3, -0.25) is 9.59 Å². The smallest absolute Gasteiger partial charge is 0.306 e. The zero-order valence-electron chi connectivity index (χ0n) is 37.2. The van der Waals surface area contributed by atoms with Gasteiger partial charge in [-0.2, -0.15) is 0 Å². The third-order valence-electron chi connectivity index (χ3n) is 10.3. The minimum absolute atomic E-state index is 0.0244. The van der Waals surface area contributed by atoms with Gasteiger partial charge in [0.05, 0.1) is 25.2 Å². The minimum Gasteiger partial charge on any atom is -0.462 e. The van der Waals surface area contributed by atoms with Crippen LogP contribution in [-0.4, -0.2) is 46.9 Å². The second-order valence-corrected chi connectivity index (χ2v) is 15.8. The van der Waals surface area contributed by atoms with Crippen LogP contribution in [0.25, 0.3) is 0 Å². The maximum Gasteiger partial charge on any atom is 0.306 e. The van der Waals surface area contributed by atoms with Crippen molar-refractivity contribution >= 4 is 11.9 Å². The summed E-state index contributed by atoms with van der Waals surface area (Å²) in [4.78, 5) is 26.0. The van der Waals surface area contributed by atoms with Crippen LogP contribution in [0.2, 0.25) is 0 Å². The van der Waals surface area contributed by atoms with E-state index in [2.05, 4.69) is 92.9 Å². The van der Waals surface area contributed by atoms with E-state index in [0.717, 1.165) is 70.6 Å². The van der Waals surface area contributed by atoms with Gasteiger partial charge in [0.25, 0.3) is 0 Å². The summed E-state index contributed by atoms with van der Waals surface area (Å²) in [7, 11) is 0. The van der Waals surface area contributed by atoms with E-state index < -0.39 is 18.2 Å². The molecule has 6 nitrogen and oxygen atoms in total. The van der Waals surface area contributed by atoms with Crippen molar-refractivity contribution in [2.75, 3.05) is 6.61 Å². The highest BCUT2D eigenvalue weighted by Gasteiger charge is 2.23. The Morgan fingerprint density at radius 3 is 1.47 bits per heavy atom. The molecule has 3 atom stereocenters. The number of rotatable bonds is 41. The van der Waals surface area contributed by atoms with Crippen molar-refractivity contribution in [3.8, 4) is 0 Å². The third-order valence-corrected chi connectivity index (χ3v) is 10.3. The van der Waals surface area contributed by atoms with Gasteiger partial charge in [-0.25, -0.2) is 0 Å². The van der Waals surface area contributed by atoms with Crippen LogP contribution in [-0.2, 0) is 14.3 Å². The molecule has 3 N–H and O–H groups in total. The Labute approximate surface area is 351 Å². The first-order valence-corrected chi connectivity index (χ1v) is 23.7. The van der Waals surface area contributed by atoms with Crippen LogP contribution >= 0.6 is 0 Å². The van der Waals surface area contributed by atoms with Crippen molar-refractivity contribution in [3.63, 3.8) is 0 Å². The number of allylic oxidation sites excluding steroid dienone is 12. The average Bonchev–Trinajstić information content (AvgIpc) is 3.20. The molecule has 0 fully saturated rings. The first-order valence-electron chi connectivity index (χ1n) is 23.7. The molecular weight excluding hydrogens is 707 g/mol. The van der Waals surface area contributed by atoms with Crippen molar-refractivity contribution < 1.29 is 24.5 Å². The number of ether oxygens (including phenoxy) is 1. The number of nitrogens with one attached hydrogen (secondary N) is 1. The fraction of sp³-hybridized carbons (Fsp3) is 0.725. The molecule has 0 aromatic rings. The lowest BCUT2D eigenvalue weighted by atomic mass is 10.0. The van der Waals surface area contributed by atoms with Crippen molar-refractivity contribution in [1.29, 1.82) is 0 Å². The van der Waals surface area contributed by atoms with Gasteiger partial charge in [-0.05, 0) is 77.0 Å². The van der Waals surface area contributed by atoms with E-state index in [4.69, 9.17) is 4.74 Å². The number of aliphatic hydroxyl groups is 2. The molecule has 57 heavy (non-hydrogen) atoms. The van der Waals surface area contributed by atoms with E-state index in [1.807, 2.05) is 6.08 Å². The van der Waals surface area contributed by atoms with Crippen LogP contribution < -0.4 is 5.32 Å². The molecule has 0 spiro atoms. The first-order chi connectivity index (χ1) is 28.0. The third kappa shape index (κ3) is 39.9. The molecular formula is C51H89NO5. The van der Waals surface area contributed by atoms with Gasteiger partial charge < -0.3 is 20.3 Å². The van der Waals surface area contributed by atoms with Gasteiger partial charge in [0.2, 0.25) is 5.91 Å². The summed E-state index contributed by atoms with van der Waals surface area (Å²) in [6, 6.07) is -0.725. The molecule has 0 aliphatic carbocycles. The normalized spacial score (nSPS) is 14.0. The molecule has 1 amide bonds. The van der Waals surface area contributed by atoms with Crippen LogP contribution in [0.5, 0.6) is 0 Å². The molecule has 328 valence electrons. The SMILES string of the molecule is CC/C=C/C/C=C/C/C=C/C/C=C/C/C=C/CCC(=O)OC(CCC/C=C\CCCCCCCC)CC(=O)NC(CO)C(O)CCCCCCCCCCCCC. The summed E-state index contributed by atoms with van der Waals surface area (Å²) in [5.74, 6) is -0.608. The van der Waals surface area contributed by atoms with E-state index in [1.54, 1.807) is 0 Å². The van der Waals surface area contributed by atoms with Crippen molar-refractivity contribution in [2.24, 2.45) is 0 Å². The average molecular weight is 796 g/mol. The van der Waals surface area contributed by atoms with Crippen molar-refractivity contribution in [1.82, 2.24) is 5.32 Å². The van der Waals surface area contributed by atoms with E-state index in [9.17, 15) is 19.8 Å². The Balaban J connectivity index is 4.72. The number of carbonyl (C=O) groups excluding carboxylic acids is 2. The van der Waals surface area contributed by atoms with Gasteiger partial charge in [-0.1, -0.05) is 196 Å². The van der Waals surface area contributed by atoms with Gasteiger partial charge in [0.1, 0.15) is 6.10 Å². The van der Waals surface area contributed by atoms with Gasteiger partial charge in [-0.15, -0.1) is 0 Å². The summed E-state index contributed by atoms with van der Waals surface area (Å²) < 4.78 is 5.84.